The topological polar surface area (TPSA) is 63.6 Å². The smallest absolute Gasteiger partial charge is 0.277 e. The minimum atomic E-state index is -0.418. The maximum Gasteiger partial charge on any atom is 0.277 e. The molecule has 1 amide bonds. The van der Waals surface area contributed by atoms with E-state index in [2.05, 4.69) is 15.5 Å². The van der Waals surface area contributed by atoms with E-state index in [0.29, 0.717) is 21.5 Å². The highest BCUT2D eigenvalue weighted by Crippen LogP contribution is 2.27. The summed E-state index contributed by atoms with van der Waals surface area (Å²) in [5.41, 5.74) is 4.74. The summed E-state index contributed by atoms with van der Waals surface area (Å²) in [4.78, 5) is 16.2. The molecule has 0 radical (unpaired) electrons. The third kappa shape index (κ3) is 5.29. The summed E-state index contributed by atoms with van der Waals surface area (Å²) in [6.07, 6.45) is 3.36. The van der Waals surface area contributed by atoms with Gasteiger partial charge in [-0.15, -0.1) is 0 Å². The summed E-state index contributed by atoms with van der Waals surface area (Å²) < 4.78 is 5.41. The third-order valence-electron chi connectivity index (χ3n) is 3.53. The molecule has 1 aromatic heterocycles. The Kier molecular flexibility index (Phi) is 6.41. The Bertz CT molecular complexity index is 906. The van der Waals surface area contributed by atoms with E-state index >= 15 is 0 Å². The van der Waals surface area contributed by atoms with Gasteiger partial charge in [0.1, 0.15) is 5.75 Å². The van der Waals surface area contributed by atoms with Crippen LogP contribution in [0.15, 0.2) is 78.2 Å². The lowest BCUT2D eigenvalue weighted by Gasteiger charge is -2.09. The maximum atomic E-state index is 12.1. The second-order valence-corrected chi connectivity index (χ2v) is 6.31. The molecule has 1 N–H and O–H groups in total. The molecule has 0 bridgehead atoms. The summed E-state index contributed by atoms with van der Waals surface area (Å²) in [6, 6.07) is 18.0. The van der Waals surface area contributed by atoms with E-state index in [1.807, 2.05) is 36.4 Å². The molecule has 3 rings (SSSR count). The van der Waals surface area contributed by atoms with Crippen LogP contribution in [0.3, 0.4) is 0 Å². The first kappa shape index (κ1) is 18.9. The van der Waals surface area contributed by atoms with E-state index in [1.165, 1.54) is 0 Å². The fourth-order valence-corrected chi connectivity index (χ4v) is 2.74. The number of aromatic nitrogens is 1. The van der Waals surface area contributed by atoms with Gasteiger partial charge in [-0.1, -0.05) is 53.5 Å². The van der Waals surface area contributed by atoms with Gasteiger partial charge in [0.15, 0.2) is 6.61 Å². The number of hydrogen-bond donors (Lipinski definition) is 1. The Labute approximate surface area is 166 Å². The van der Waals surface area contributed by atoms with Gasteiger partial charge in [0, 0.05) is 28.5 Å². The van der Waals surface area contributed by atoms with Crippen molar-refractivity contribution in [1.82, 2.24) is 10.4 Å². The van der Waals surface area contributed by atoms with Crippen LogP contribution in [-0.4, -0.2) is 23.2 Å². The standard InChI is InChI=1S/C20H15Cl2N3O2/c21-16-8-9-18(17(22)11-16)27-13-19(26)24-25-20(14-5-2-1-3-6-14)15-7-4-10-23-12-15/h1-12H,13H2,(H,24,26)/b25-20-. The third-order valence-corrected chi connectivity index (χ3v) is 4.06. The van der Waals surface area contributed by atoms with Gasteiger partial charge < -0.3 is 4.74 Å². The van der Waals surface area contributed by atoms with Crippen molar-refractivity contribution >= 4 is 34.8 Å². The van der Waals surface area contributed by atoms with Crippen molar-refractivity contribution in [2.75, 3.05) is 6.61 Å². The Morgan fingerprint density at radius 3 is 2.52 bits per heavy atom. The number of amides is 1. The van der Waals surface area contributed by atoms with Crippen LogP contribution in [0.25, 0.3) is 0 Å². The molecule has 0 unspecified atom stereocenters. The van der Waals surface area contributed by atoms with Crippen LogP contribution >= 0.6 is 23.2 Å². The molecule has 0 saturated carbocycles. The average Bonchev–Trinajstić information content (AvgIpc) is 2.69. The van der Waals surface area contributed by atoms with Crippen LogP contribution in [0.1, 0.15) is 11.1 Å². The number of hydrazone groups is 1. The highest BCUT2D eigenvalue weighted by Gasteiger charge is 2.10. The predicted molar refractivity (Wildman–Crippen MR) is 106 cm³/mol. The van der Waals surface area contributed by atoms with Gasteiger partial charge in [0.2, 0.25) is 0 Å². The van der Waals surface area contributed by atoms with Crippen molar-refractivity contribution in [3.63, 3.8) is 0 Å². The first-order valence-corrected chi connectivity index (χ1v) is 8.79. The summed E-state index contributed by atoms with van der Waals surface area (Å²) >= 11 is 11.9. The summed E-state index contributed by atoms with van der Waals surface area (Å²) in [6.45, 7) is -0.236. The van der Waals surface area contributed by atoms with E-state index in [1.54, 1.807) is 36.7 Å². The van der Waals surface area contributed by atoms with Crippen LogP contribution in [0.5, 0.6) is 5.75 Å². The van der Waals surface area contributed by atoms with Gasteiger partial charge in [0.05, 0.1) is 10.7 Å². The van der Waals surface area contributed by atoms with Crippen molar-refractivity contribution in [2.24, 2.45) is 5.10 Å². The van der Waals surface area contributed by atoms with Gasteiger partial charge in [-0.2, -0.15) is 5.10 Å². The lowest BCUT2D eigenvalue weighted by atomic mass is 10.0. The number of carbonyl (C=O) groups is 1. The van der Waals surface area contributed by atoms with Crippen LogP contribution < -0.4 is 10.2 Å². The van der Waals surface area contributed by atoms with Gasteiger partial charge in [-0.05, 0) is 30.3 Å². The molecule has 0 aliphatic carbocycles. The number of rotatable bonds is 6. The largest absolute Gasteiger partial charge is 0.482 e. The van der Waals surface area contributed by atoms with E-state index in [9.17, 15) is 4.79 Å². The van der Waals surface area contributed by atoms with E-state index < -0.39 is 5.91 Å². The van der Waals surface area contributed by atoms with E-state index in [4.69, 9.17) is 27.9 Å². The summed E-state index contributed by atoms with van der Waals surface area (Å²) in [5, 5.41) is 5.08. The van der Waals surface area contributed by atoms with Gasteiger partial charge in [0.25, 0.3) is 5.91 Å². The van der Waals surface area contributed by atoms with Crippen LogP contribution in [-0.2, 0) is 4.79 Å². The predicted octanol–water partition coefficient (Wildman–Crippen LogP) is 4.34. The maximum absolute atomic E-state index is 12.1. The zero-order valence-corrected chi connectivity index (χ0v) is 15.6. The Hall–Kier alpha value is -2.89. The summed E-state index contributed by atoms with van der Waals surface area (Å²) in [7, 11) is 0. The number of nitrogens with zero attached hydrogens (tertiary/aromatic N) is 2. The molecule has 27 heavy (non-hydrogen) atoms. The fourth-order valence-electron chi connectivity index (χ4n) is 2.28. The van der Waals surface area contributed by atoms with Gasteiger partial charge in [-0.3, -0.25) is 9.78 Å². The Morgan fingerprint density at radius 1 is 1.04 bits per heavy atom. The SMILES string of the molecule is O=C(COc1ccc(Cl)cc1Cl)N/N=C(/c1ccccc1)c1cccnc1. The molecule has 5 nitrogen and oxygen atoms in total. The molecule has 1 heterocycles. The first-order chi connectivity index (χ1) is 13.1. The monoisotopic (exact) mass is 399 g/mol. The molecular formula is C20H15Cl2N3O2. The van der Waals surface area contributed by atoms with Crippen molar-refractivity contribution < 1.29 is 9.53 Å². The molecule has 0 aliphatic heterocycles. The first-order valence-electron chi connectivity index (χ1n) is 8.03. The van der Waals surface area contributed by atoms with Crippen LogP contribution in [0, 0.1) is 0 Å². The lowest BCUT2D eigenvalue weighted by Crippen LogP contribution is -2.26. The molecule has 0 aliphatic rings. The number of benzene rings is 2. The Morgan fingerprint density at radius 2 is 1.81 bits per heavy atom. The number of halogens is 2. The van der Waals surface area contributed by atoms with Gasteiger partial charge in [-0.25, -0.2) is 5.43 Å². The second kappa shape index (κ2) is 9.16. The highest BCUT2D eigenvalue weighted by molar-refractivity contribution is 6.35. The zero-order valence-electron chi connectivity index (χ0n) is 14.1. The minimum Gasteiger partial charge on any atom is -0.482 e. The van der Waals surface area contributed by atoms with Crippen LogP contribution in [0.2, 0.25) is 10.0 Å². The van der Waals surface area contributed by atoms with E-state index in [0.717, 1.165) is 11.1 Å². The minimum absolute atomic E-state index is 0.236. The molecule has 7 heteroatoms. The molecule has 136 valence electrons. The molecule has 0 atom stereocenters. The fraction of sp³-hybridized carbons (Fsp3) is 0.0500. The Balaban J connectivity index is 1.71. The van der Waals surface area contributed by atoms with Crippen molar-refractivity contribution in [3.8, 4) is 5.75 Å². The van der Waals surface area contributed by atoms with Crippen molar-refractivity contribution in [1.29, 1.82) is 0 Å². The zero-order chi connectivity index (χ0) is 19.1. The van der Waals surface area contributed by atoms with Crippen molar-refractivity contribution in [3.05, 3.63) is 94.2 Å². The number of ether oxygens (including phenoxy) is 1. The molecule has 0 saturated heterocycles. The molecule has 0 spiro atoms. The molecular weight excluding hydrogens is 385 g/mol. The molecule has 3 aromatic rings. The van der Waals surface area contributed by atoms with E-state index in [-0.39, 0.29) is 6.61 Å². The normalized spacial score (nSPS) is 11.1. The average molecular weight is 400 g/mol. The number of nitrogens with one attached hydrogen (secondary N) is 1. The van der Waals surface area contributed by atoms with Crippen LogP contribution in [0.4, 0.5) is 0 Å². The number of carbonyl (C=O) groups excluding carboxylic acids is 1. The second-order valence-electron chi connectivity index (χ2n) is 5.47. The molecule has 0 fully saturated rings. The molecule has 2 aromatic carbocycles. The lowest BCUT2D eigenvalue weighted by molar-refractivity contribution is -0.123. The summed E-state index contributed by atoms with van der Waals surface area (Å²) in [5.74, 6) is -0.0472. The number of pyridine rings is 1. The highest BCUT2D eigenvalue weighted by atomic mass is 35.5. The van der Waals surface area contributed by atoms with Gasteiger partial charge >= 0.3 is 0 Å². The van der Waals surface area contributed by atoms with Crippen molar-refractivity contribution in [2.45, 2.75) is 0 Å². The quantitative estimate of drug-likeness (QED) is 0.495. The number of hydrogen-bond acceptors (Lipinski definition) is 4.